The topological polar surface area (TPSA) is 34.3 Å². The van der Waals surface area contributed by atoms with Gasteiger partial charge >= 0.3 is 0 Å². The number of aryl methyl sites for hydroxylation is 1. The van der Waals surface area contributed by atoms with Crippen LogP contribution in [0.1, 0.15) is 48.2 Å². The molecule has 2 aliphatic rings. The minimum Gasteiger partial charge on any atom is -0.381 e. The Hall–Kier alpha value is -2.72. The summed E-state index contributed by atoms with van der Waals surface area (Å²) in [6.07, 6.45) is 1.57. The molecule has 10 heteroatoms. The van der Waals surface area contributed by atoms with Gasteiger partial charge < -0.3 is 15.2 Å². The summed E-state index contributed by atoms with van der Waals surface area (Å²) < 4.78 is 86.1. The molecule has 3 aromatic rings. The van der Waals surface area contributed by atoms with Crippen molar-refractivity contribution >= 4 is 16.6 Å². The standard InChI is InChI=1S/C29H34F6N4/c1-17-4-5-25-21(10-17)22-11-18(2)39(16-29(34,35)15-31)28(27(22)37-25)26-23(32)12-20(13-24(26)33)36-19-6-9-38(14-19)8-3-7-30/h4-5,10,12-13,18-19,28,36-37H,3,6-9,11,14-16H2,1-2H3. The van der Waals surface area contributed by atoms with E-state index in [4.69, 9.17) is 0 Å². The molecule has 1 aromatic heterocycles. The van der Waals surface area contributed by atoms with Crippen molar-refractivity contribution in [2.45, 2.75) is 57.2 Å². The number of halogens is 6. The van der Waals surface area contributed by atoms with Crippen LogP contribution >= 0.6 is 0 Å². The van der Waals surface area contributed by atoms with Gasteiger partial charge in [-0.15, -0.1) is 0 Å². The molecule has 39 heavy (non-hydrogen) atoms. The van der Waals surface area contributed by atoms with Crippen molar-refractivity contribution in [3.8, 4) is 0 Å². The summed E-state index contributed by atoms with van der Waals surface area (Å²) in [4.78, 5) is 6.64. The highest BCUT2D eigenvalue weighted by Gasteiger charge is 2.44. The molecule has 5 rings (SSSR count). The van der Waals surface area contributed by atoms with Crippen LogP contribution in [0, 0.1) is 18.6 Å². The smallest absolute Gasteiger partial charge is 0.288 e. The van der Waals surface area contributed by atoms with E-state index in [1.165, 1.54) is 17.0 Å². The van der Waals surface area contributed by atoms with Crippen molar-refractivity contribution < 1.29 is 26.3 Å². The molecule has 0 amide bonds. The molecule has 1 saturated heterocycles. The van der Waals surface area contributed by atoms with E-state index in [1.807, 2.05) is 25.1 Å². The molecule has 3 unspecified atom stereocenters. The Balaban J connectivity index is 1.52. The summed E-state index contributed by atoms with van der Waals surface area (Å²) in [6.45, 7) is 2.46. The molecule has 0 radical (unpaired) electrons. The van der Waals surface area contributed by atoms with E-state index in [0.29, 0.717) is 31.6 Å². The van der Waals surface area contributed by atoms with Crippen molar-refractivity contribution in [2.24, 2.45) is 0 Å². The summed E-state index contributed by atoms with van der Waals surface area (Å²) in [5, 5.41) is 4.05. The zero-order valence-corrected chi connectivity index (χ0v) is 22.1. The average molecular weight is 553 g/mol. The fraction of sp³-hybridized carbons (Fsp3) is 0.517. The number of H-pyrrole nitrogens is 1. The van der Waals surface area contributed by atoms with Crippen LogP contribution in [0.25, 0.3) is 10.9 Å². The van der Waals surface area contributed by atoms with Crippen LogP contribution in [-0.2, 0) is 6.42 Å². The SMILES string of the molecule is Cc1ccc2[nH]c3c(c2c1)CC(C)N(CC(F)(F)CF)C3c1c(F)cc(NC2CCN(CCCF)C2)cc1F. The maximum absolute atomic E-state index is 15.8. The van der Waals surface area contributed by atoms with Gasteiger partial charge in [0.25, 0.3) is 5.92 Å². The Morgan fingerprint density at radius 3 is 2.54 bits per heavy atom. The highest BCUT2D eigenvalue weighted by molar-refractivity contribution is 5.86. The second-order valence-corrected chi connectivity index (χ2v) is 11.0. The van der Waals surface area contributed by atoms with Gasteiger partial charge in [-0.25, -0.2) is 22.0 Å². The maximum atomic E-state index is 15.8. The molecular weight excluding hydrogens is 518 g/mol. The quantitative estimate of drug-likeness (QED) is 0.296. The lowest BCUT2D eigenvalue weighted by molar-refractivity contribution is -0.0678. The van der Waals surface area contributed by atoms with Gasteiger partial charge in [0.15, 0.2) is 6.67 Å². The van der Waals surface area contributed by atoms with Gasteiger partial charge in [0.1, 0.15) is 11.6 Å². The molecule has 0 bridgehead atoms. The van der Waals surface area contributed by atoms with E-state index < -0.39 is 49.5 Å². The normalized spacial score (nSPS) is 22.5. The van der Waals surface area contributed by atoms with Crippen LogP contribution in [0.2, 0.25) is 0 Å². The van der Waals surface area contributed by atoms with E-state index in [1.54, 1.807) is 6.92 Å². The number of rotatable bonds is 9. The fourth-order valence-corrected chi connectivity index (χ4v) is 6.14. The second-order valence-electron chi connectivity index (χ2n) is 11.0. The first-order valence-electron chi connectivity index (χ1n) is 13.4. The van der Waals surface area contributed by atoms with Gasteiger partial charge in [0.2, 0.25) is 0 Å². The minimum atomic E-state index is -3.67. The third-order valence-electron chi connectivity index (χ3n) is 7.98. The van der Waals surface area contributed by atoms with Crippen molar-refractivity contribution in [3.05, 3.63) is 64.4 Å². The van der Waals surface area contributed by atoms with Gasteiger partial charge in [0, 0.05) is 59.6 Å². The minimum absolute atomic E-state index is 0.0488. The van der Waals surface area contributed by atoms with Crippen LogP contribution in [0.5, 0.6) is 0 Å². The maximum Gasteiger partial charge on any atom is 0.288 e. The lowest BCUT2D eigenvalue weighted by Crippen LogP contribution is -2.49. The molecule has 4 nitrogen and oxygen atoms in total. The van der Waals surface area contributed by atoms with Crippen molar-refractivity contribution in [1.82, 2.24) is 14.8 Å². The molecule has 3 heterocycles. The lowest BCUT2D eigenvalue weighted by Gasteiger charge is -2.42. The first-order valence-corrected chi connectivity index (χ1v) is 13.4. The highest BCUT2D eigenvalue weighted by atomic mass is 19.3. The molecule has 0 saturated carbocycles. The van der Waals surface area contributed by atoms with Gasteiger partial charge in [-0.2, -0.15) is 0 Å². The van der Waals surface area contributed by atoms with E-state index in [9.17, 15) is 17.6 Å². The van der Waals surface area contributed by atoms with Gasteiger partial charge in [0.05, 0.1) is 19.3 Å². The number of anilines is 1. The third-order valence-corrected chi connectivity index (χ3v) is 7.98. The molecule has 2 aliphatic heterocycles. The molecule has 2 aromatic carbocycles. The van der Waals surface area contributed by atoms with Crippen LogP contribution < -0.4 is 5.32 Å². The largest absolute Gasteiger partial charge is 0.381 e. The number of nitrogens with zero attached hydrogens (tertiary/aromatic N) is 2. The van der Waals surface area contributed by atoms with Gasteiger partial charge in [-0.05, 0) is 62.9 Å². The summed E-state index contributed by atoms with van der Waals surface area (Å²) >= 11 is 0. The zero-order chi connectivity index (χ0) is 27.9. The number of hydrogen-bond acceptors (Lipinski definition) is 3. The van der Waals surface area contributed by atoms with Crippen LogP contribution in [-0.4, -0.2) is 72.3 Å². The van der Waals surface area contributed by atoms with Crippen molar-refractivity contribution in [1.29, 1.82) is 0 Å². The fourth-order valence-electron chi connectivity index (χ4n) is 6.14. The van der Waals surface area contributed by atoms with E-state index in [0.717, 1.165) is 35.0 Å². The van der Waals surface area contributed by atoms with Gasteiger partial charge in [-0.3, -0.25) is 9.29 Å². The van der Waals surface area contributed by atoms with E-state index in [2.05, 4.69) is 15.2 Å². The number of benzene rings is 2. The van der Waals surface area contributed by atoms with Crippen LogP contribution in [0.4, 0.5) is 32.0 Å². The third kappa shape index (κ3) is 5.63. The Morgan fingerprint density at radius 1 is 1.10 bits per heavy atom. The summed E-state index contributed by atoms with van der Waals surface area (Å²) in [5.74, 6) is -5.39. The summed E-state index contributed by atoms with van der Waals surface area (Å²) in [7, 11) is 0. The number of hydrogen-bond donors (Lipinski definition) is 2. The van der Waals surface area contributed by atoms with Crippen molar-refractivity contribution in [2.75, 3.05) is 44.8 Å². The van der Waals surface area contributed by atoms with Crippen LogP contribution in [0.15, 0.2) is 30.3 Å². The summed E-state index contributed by atoms with van der Waals surface area (Å²) in [6, 6.07) is 6.37. The average Bonchev–Trinajstić information content (AvgIpc) is 3.47. The first-order chi connectivity index (χ1) is 18.6. The predicted molar refractivity (Wildman–Crippen MR) is 141 cm³/mol. The zero-order valence-electron chi connectivity index (χ0n) is 22.1. The molecule has 1 fully saturated rings. The second kappa shape index (κ2) is 11.0. The van der Waals surface area contributed by atoms with E-state index >= 15 is 8.78 Å². The molecule has 3 atom stereocenters. The lowest BCUT2D eigenvalue weighted by atomic mass is 9.87. The van der Waals surface area contributed by atoms with E-state index in [-0.39, 0.29) is 17.3 Å². The Bertz CT molecular complexity index is 1300. The molecule has 0 spiro atoms. The van der Waals surface area contributed by atoms with Crippen LogP contribution in [0.3, 0.4) is 0 Å². The Labute approximate surface area is 224 Å². The number of fused-ring (bicyclic) bond motifs is 3. The molecular formula is C29H34F6N4. The summed E-state index contributed by atoms with van der Waals surface area (Å²) in [5.41, 5.74) is 2.93. The number of aromatic amines is 1. The monoisotopic (exact) mass is 552 g/mol. The number of alkyl halides is 4. The number of aromatic nitrogens is 1. The Kier molecular flexibility index (Phi) is 7.88. The number of likely N-dealkylation sites (tertiary alicyclic amines) is 1. The number of nitrogens with one attached hydrogen (secondary N) is 2. The highest BCUT2D eigenvalue weighted by Crippen LogP contribution is 2.44. The molecule has 2 N–H and O–H groups in total. The van der Waals surface area contributed by atoms with Crippen molar-refractivity contribution in [3.63, 3.8) is 0 Å². The molecule has 212 valence electrons. The molecule has 0 aliphatic carbocycles. The van der Waals surface area contributed by atoms with Gasteiger partial charge in [-0.1, -0.05) is 11.6 Å². The first kappa shape index (κ1) is 27.8. The Morgan fingerprint density at radius 2 is 1.85 bits per heavy atom. The predicted octanol–water partition coefficient (Wildman–Crippen LogP) is 6.54.